The van der Waals surface area contributed by atoms with Gasteiger partial charge < -0.3 is 11.1 Å². The second kappa shape index (κ2) is 7.46. The highest BCUT2D eigenvalue weighted by molar-refractivity contribution is 5.76. The van der Waals surface area contributed by atoms with Crippen molar-refractivity contribution in [3.05, 3.63) is 35.4 Å². The molecule has 28 heavy (non-hydrogen) atoms. The number of nitrogens with zero attached hydrogens (tertiary/aromatic N) is 1. The van der Waals surface area contributed by atoms with Gasteiger partial charge >= 0.3 is 0 Å². The van der Waals surface area contributed by atoms with Gasteiger partial charge in [0.25, 0.3) is 0 Å². The van der Waals surface area contributed by atoms with Crippen LogP contribution in [0.15, 0.2) is 24.3 Å². The molecule has 3 N–H and O–H groups in total. The Labute approximate surface area is 170 Å². The molecule has 1 heterocycles. The number of piperidine rings is 1. The van der Waals surface area contributed by atoms with Gasteiger partial charge in [-0.1, -0.05) is 45.0 Å². The minimum Gasteiger partial charge on any atom is -0.369 e. The number of primary amides is 1. The largest absolute Gasteiger partial charge is 0.369 e. The highest BCUT2D eigenvalue weighted by atomic mass is 16.1. The van der Waals surface area contributed by atoms with Crippen molar-refractivity contribution in [2.24, 2.45) is 22.5 Å². The van der Waals surface area contributed by atoms with Gasteiger partial charge in [-0.25, -0.2) is 0 Å². The summed E-state index contributed by atoms with van der Waals surface area (Å²) in [5.41, 5.74) is 8.56. The van der Waals surface area contributed by atoms with Gasteiger partial charge in [0.15, 0.2) is 0 Å². The third-order valence-electron chi connectivity index (χ3n) is 8.63. The molecule has 3 atom stereocenters. The van der Waals surface area contributed by atoms with E-state index in [0.717, 1.165) is 31.1 Å². The van der Waals surface area contributed by atoms with E-state index >= 15 is 0 Å². The van der Waals surface area contributed by atoms with Gasteiger partial charge in [-0.2, -0.15) is 0 Å². The summed E-state index contributed by atoms with van der Waals surface area (Å²) < 4.78 is 0. The molecule has 1 aliphatic heterocycles. The Kier molecular flexibility index (Phi) is 5.30. The molecule has 0 spiro atoms. The van der Waals surface area contributed by atoms with Crippen molar-refractivity contribution in [3.8, 4) is 0 Å². The highest BCUT2D eigenvalue weighted by Gasteiger charge is 2.61. The van der Waals surface area contributed by atoms with Crippen LogP contribution < -0.4 is 11.1 Å². The molecule has 3 aliphatic rings. The summed E-state index contributed by atoms with van der Waals surface area (Å²) in [6, 6.07) is 9.72. The molecule has 1 amide bonds. The van der Waals surface area contributed by atoms with Gasteiger partial charge in [0, 0.05) is 18.6 Å². The number of fused-ring (bicyclic) bond motifs is 2. The summed E-state index contributed by atoms with van der Waals surface area (Å²) in [7, 11) is 0. The first-order valence-electron chi connectivity index (χ1n) is 11.1. The molecule has 154 valence electrons. The molecule has 1 aromatic rings. The molecule has 0 unspecified atom stereocenters. The van der Waals surface area contributed by atoms with Gasteiger partial charge in [0.05, 0.1) is 6.42 Å². The molecule has 1 saturated heterocycles. The number of carbonyl (C=O) groups is 1. The van der Waals surface area contributed by atoms with E-state index in [1.54, 1.807) is 0 Å². The van der Waals surface area contributed by atoms with Crippen molar-refractivity contribution in [1.29, 1.82) is 0 Å². The van der Waals surface area contributed by atoms with Crippen molar-refractivity contribution >= 4 is 5.91 Å². The van der Waals surface area contributed by atoms with Crippen molar-refractivity contribution in [2.45, 2.75) is 77.9 Å². The third-order valence-corrected chi connectivity index (χ3v) is 8.63. The van der Waals surface area contributed by atoms with E-state index in [1.807, 2.05) is 12.1 Å². The lowest BCUT2D eigenvalue weighted by Crippen LogP contribution is -2.51. The fraction of sp³-hybridized carbons (Fsp3) is 0.708. The molecular weight excluding hydrogens is 346 g/mol. The van der Waals surface area contributed by atoms with Crippen LogP contribution in [0.25, 0.3) is 0 Å². The van der Waals surface area contributed by atoms with Gasteiger partial charge in [0.1, 0.15) is 0 Å². The molecule has 4 nitrogen and oxygen atoms in total. The Balaban J connectivity index is 1.26. The first-order valence-corrected chi connectivity index (χ1v) is 11.1. The smallest absolute Gasteiger partial charge is 0.221 e. The number of carbonyl (C=O) groups excluding carboxylic acids is 1. The SMILES string of the molecule is CC1(C)[C@@H]2CC[C@@]1(C)[C@H](NC1CCN(Cc3ccc(CC(N)=O)cc3)CC1)C2. The van der Waals surface area contributed by atoms with Crippen molar-refractivity contribution < 1.29 is 4.79 Å². The van der Waals surface area contributed by atoms with Crippen LogP contribution in [0.4, 0.5) is 0 Å². The number of nitrogens with one attached hydrogen (secondary N) is 1. The Morgan fingerprint density at radius 2 is 1.75 bits per heavy atom. The quantitative estimate of drug-likeness (QED) is 0.791. The minimum absolute atomic E-state index is 0.268. The maximum absolute atomic E-state index is 11.0. The first kappa shape index (κ1) is 19.9. The maximum Gasteiger partial charge on any atom is 0.221 e. The normalized spacial score (nSPS) is 32.7. The summed E-state index contributed by atoms with van der Waals surface area (Å²) in [5, 5.41) is 4.08. The predicted octanol–water partition coefficient (Wildman–Crippen LogP) is 3.48. The molecule has 4 heteroatoms. The Hall–Kier alpha value is -1.39. The van der Waals surface area contributed by atoms with E-state index in [-0.39, 0.29) is 5.91 Å². The summed E-state index contributed by atoms with van der Waals surface area (Å²) in [5.74, 6) is 0.641. The molecule has 4 rings (SSSR count). The maximum atomic E-state index is 11.0. The summed E-state index contributed by atoms with van der Waals surface area (Å²) in [4.78, 5) is 13.6. The van der Waals surface area contributed by atoms with Crippen LogP contribution in [0, 0.1) is 16.7 Å². The van der Waals surface area contributed by atoms with E-state index < -0.39 is 0 Å². The number of benzene rings is 1. The van der Waals surface area contributed by atoms with Gasteiger partial charge in [-0.15, -0.1) is 0 Å². The monoisotopic (exact) mass is 383 g/mol. The zero-order valence-corrected chi connectivity index (χ0v) is 17.8. The fourth-order valence-corrected chi connectivity index (χ4v) is 6.22. The van der Waals surface area contributed by atoms with Crippen LogP contribution in [0.3, 0.4) is 0 Å². The molecule has 2 saturated carbocycles. The average Bonchev–Trinajstić information content (AvgIpc) is 2.98. The number of rotatable bonds is 6. The van der Waals surface area contributed by atoms with E-state index in [2.05, 4.69) is 43.1 Å². The predicted molar refractivity (Wildman–Crippen MR) is 114 cm³/mol. The summed E-state index contributed by atoms with van der Waals surface area (Å²) in [6.45, 7) is 10.9. The lowest BCUT2D eigenvalue weighted by Gasteiger charge is -2.42. The van der Waals surface area contributed by atoms with Crippen LogP contribution in [-0.2, 0) is 17.8 Å². The lowest BCUT2D eigenvalue weighted by molar-refractivity contribution is -0.117. The van der Waals surface area contributed by atoms with E-state index in [9.17, 15) is 4.79 Å². The van der Waals surface area contributed by atoms with Crippen molar-refractivity contribution in [3.63, 3.8) is 0 Å². The Morgan fingerprint density at radius 1 is 1.11 bits per heavy atom. The molecule has 3 fully saturated rings. The second-order valence-electron chi connectivity index (χ2n) is 10.3. The van der Waals surface area contributed by atoms with Gasteiger partial charge in [-0.3, -0.25) is 9.69 Å². The summed E-state index contributed by atoms with van der Waals surface area (Å²) in [6.07, 6.45) is 7.02. The van der Waals surface area contributed by atoms with Crippen LogP contribution in [0.5, 0.6) is 0 Å². The molecule has 2 aliphatic carbocycles. The van der Waals surface area contributed by atoms with Crippen LogP contribution in [-0.4, -0.2) is 36.0 Å². The number of nitrogens with two attached hydrogens (primary N) is 1. The van der Waals surface area contributed by atoms with Gasteiger partial charge in [-0.05, 0) is 73.1 Å². The van der Waals surface area contributed by atoms with Crippen LogP contribution >= 0.6 is 0 Å². The molecule has 0 aromatic heterocycles. The zero-order chi connectivity index (χ0) is 19.9. The fourth-order valence-electron chi connectivity index (χ4n) is 6.22. The molecule has 1 aromatic carbocycles. The highest BCUT2D eigenvalue weighted by Crippen LogP contribution is 2.65. The molecular formula is C24H37N3O. The first-order chi connectivity index (χ1) is 13.3. The third kappa shape index (κ3) is 3.61. The van der Waals surface area contributed by atoms with E-state index in [0.29, 0.717) is 29.3 Å². The van der Waals surface area contributed by atoms with Gasteiger partial charge in [0.2, 0.25) is 5.91 Å². The molecule has 2 bridgehead atoms. The van der Waals surface area contributed by atoms with E-state index in [1.165, 1.54) is 37.7 Å². The van der Waals surface area contributed by atoms with Crippen molar-refractivity contribution in [2.75, 3.05) is 13.1 Å². The minimum atomic E-state index is -0.268. The number of amides is 1. The molecule has 0 radical (unpaired) electrons. The van der Waals surface area contributed by atoms with E-state index in [4.69, 9.17) is 5.73 Å². The summed E-state index contributed by atoms with van der Waals surface area (Å²) >= 11 is 0. The number of hydrogen-bond donors (Lipinski definition) is 2. The number of likely N-dealkylation sites (tertiary alicyclic amines) is 1. The topological polar surface area (TPSA) is 58.4 Å². The van der Waals surface area contributed by atoms with Crippen molar-refractivity contribution in [1.82, 2.24) is 10.2 Å². The van der Waals surface area contributed by atoms with Crippen LogP contribution in [0.2, 0.25) is 0 Å². The second-order valence-corrected chi connectivity index (χ2v) is 10.3. The zero-order valence-electron chi connectivity index (χ0n) is 17.8. The Bertz CT molecular complexity index is 705. The standard InChI is InChI=1S/C24H37N3O/c1-23(2)19-8-11-24(23,3)21(15-19)26-20-9-12-27(13-10-20)16-18-6-4-17(5-7-18)14-22(25)28/h4-7,19-21,26H,8-16H2,1-3H3,(H2,25,28)/t19-,21-,24+/m1/s1. The van der Waals surface area contributed by atoms with Crippen LogP contribution in [0.1, 0.15) is 64.0 Å². The number of hydrogen-bond acceptors (Lipinski definition) is 3. The average molecular weight is 384 g/mol. The lowest BCUT2D eigenvalue weighted by atomic mass is 9.69. The Morgan fingerprint density at radius 3 is 2.29 bits per heavy atom.